The number of rotatable bonds is 5. The fraction of sp³-hybridized carbons (Fsp3) is 0.429. The molecule has 1 saturated carbocycles. The molecule has 0 aromatic heterocycles. The highest BCUT2D eigenvalue weighted by Crippen LogP contribution is 2.29. The maximum absolute atomic E-state index is 13.7. The lowest BCUT2D eigenvalue weighted by atomic mass is 10.1. The Labute approximate surface area is 115 Å². The molecule has 2 rings (SSSR count). The van der Waals surface area contributed by atoms with E-state index in [1.165, 1.54) is 24.0 Å². The molecular formula is C14H15F2NO3. The zero-order chi connectivity index (χ0) is 14.9. The van der Waals surface area contributed by atoms with Crippen LogP contribution in [0.1, 0.15) is 30.1 Å². The van der Waals surface area contributed by atoms with Crippen molar-refractivity contribution in [3.63, 3.8) is 0 Å². The molecule has 0 heterocycles. The first-order chi connectivity index (χ1) is 9.41. The molecule has 6 heteroatoms. The second kappa shape index (κ2) is 5.56. The van der Waals surface area contributed by atoms with Crippen LogP contribution in [0.3, 0.4) is 0 Å². The smallest absolute Gasteiger partial charge is 0.308 e. The third-order valence-electron chi connectivity index (χ3n) is 3.32. The molecule has 0 saturated heterocycles. The van der Waals surface area contributed by atoms with E-state index in [9.17, 15) is 18.4 Å². The highest BCUT2D eigenvalue weighted by Gasteiger charge is 2.36. The minimum Gasteiger partial charge on any atom is -0.481 e. The quantitative estimate of drug-likeness (QED) is 0.902. The van der Waals surface area contributed by atoms with Crippen molar-refractivity contribution in [1.29, 1.82) is 0 Å². The molecule has 1 fully saturated rings. The Morgan fingerprint density at radius 1 is 1.40 bits per heavy atom. The number of hydrogen-bond donors (Lipinski definition) is 1. The predicted octanol–water partition coefficient (Wildman–Crippen LogP) is 2.29. The van der Waals surface area contributed by atoms with Crippen molar-refractivity contribution in [3.8, 4) is 0 Å². The minimum atomic E-state index is -1.19. The van der Waals surface area contributed by atoms with Gasteiger partial charge in [-0.2, -0.15) is 0 Å². The Hall–Kier alpha value is -1.98. The molecule has 108 valence electrons. The molecule has 0 spiro atoms. The van der Waals surface area contributed by atoms with E-state index in [0.29, 0.717) is 0 Å². The van der Waals surface area contributed by atoms with E-state index in [1.54, 1.807) is 0 Å². The van der Waals surface area contributed by atoms with E-state index in [4.69, 9.17) is 5.11 Å². The molecule has 20 heavy (non-hydrogen) atoms. The third kappa shape index (κ3) is 2.95. The summed E-state index contributed by atoms with van der Waals surface area (Å²) in [4.78, 5) is 24.5. The van der Waals surface area contributed by atoms with Gasteiger partial charge in [0.25, 0.3) is 5.91 Å². The summed E-state index contributed by atoms with van der Waals surface area (Å²) >= 11 is 0. The molecule has 1 N–H and O–H groups in total. The van der Waals surface area contributed by atoms with Crippen molar-refractivity contribution in [2.45, 2.75) is 25.8 Å². The summed E-state index contributed by atoms with van der Waals surface area (Å²) in [5, 5.41) is 8.91. The van der Waals surface area contributed by atoms with Crippen LogP contribution in [0.2, 0.25) is 0 Å². The summed E-state index contributed by atoms with van der Waals surface area (Å²) in [7, 11) is 0. The maximum atomic E-state index is 13.7. The monoisotopic (exact) mass is 283 g/mol. The van der Waals surface area contributed by atoms with Gasteiger partial charge in [-0.1, -0.05) is 13.0 Å². The first-order valence-corrected chi connectivity index (χ1v) is 6.39. The van der Waals surface area contributed by atoms with Crippen molar-refractivity contribution in [2.24, 2.45) is 5.92 Å². The number of nitrogens with zero attached hydrogens (tertiary/aromatic N) is 1. The fourth-order valence-electron chi connectivity index (χ4n) is 1.98. The topological polar surface area (TPSA) is 57.6 Å². The maximum Gasteiger partial charge on any atom is 0.308 e. The number of carboxylic acid groups (broad SMARTS) is 1. The van der Waals surface area contributed by atoms with Crippen LogP contribution in [0.25, 0.3) is 0 Å². The van der Waals surface area contributed by atoms with Crippen LogP contribution in [0.5, 0.6) is 0 Å². The molecule has 1 aliphatic carbocycles. The largest absolute Gasteiger partial charge is 0.481 e. The van der Waals surface area contributed by atoms with Gasteiger partial charge in [0, 0.05) is 12.6 Å². The molecule has 0 aliphatic heterocycles. The number of carbonyl (C=O) groups is 2. The van der Waals surface area contributed by atoms with Crippen LogP contribution in [-0.2, 0) is 4.79 Å². The van der Waals surface area contributed by atoms with Gasteiger partial charge in [0.1, 0.15) is 0 Å². The van der Waals surface area contributed by atoms with Gasteiger partial charge >= 0.3 is 5.97 Å². The first-order valence-electron chi connectivity index (χ1n) is 6.39. The van der Waals surface area contributed by atoms with Crippen molar-refractivity contribution >= 4 is 11.9 Å². The highest BCUT2D eigenvalue weighted by molar-refractivity contribution is 5.95. The van der Waals surface area contributed by atoms with E-state index in [0.717, 1.165) is 18.9 Å². The number of aliphatic carboxylic acids is 1. The van der Waals surface area contributed by atoms with Gasteiger partial charge in [0.15, 0.2) is 11.6 Å². The van der Waals surface area contributed by atoms with Crippen LogP contribution in [0, 0.1) is 17.6 Å². The molecule has 1 atom stereocenters. The van der Waals surface area contributed by atoms with Crippen LogP contribution >= 0.6 is 0 Å². The number of carbonyl (C=O) groups excluding carboxylic acids is 1. The van der Waals surface area contributed by atoms with E-state index < -0.39 is 29.4 Å². The summed E-state index contributed by atoms with van der Waals surface area (Å²) in [5.74, 6) is -4.71. The third-order valence-corrected chi connectivity index (χ3v) is 3.32. The Morgan fingerprint density at radius 3 is 2.60 bits per heavy atom. The number of hydrogen-bond acceptors (Lipinski definition) is 2. The van der Waals surface area contributed by atoms with E-state index in [1.807, 2.05) is 0 Å². The number of benzene rings is 1. The van der Waals surface area contributed by atoms with Gasteiger partial charge in [-0.3, -0.25) is 9.59 Å². The van der Waals surface area contributed by atoms with Gasteiger partial charge in [0.05, 0.1) is 11.5 Å². The standard InChI is InChI=1S/C14H15F2NO3/c1-8(14(19)20)7-17(9-5-6-9)13(18)10-3-2-4-11(15)12(10)16/h2-4,8-9H,5-7H2,1H3,(H,19,20)/t8-/m0/s1. The lowest BCUT2D eigenvalue weighted by Gasteiger charge is -2.24. The molecule has 4 nitrogen and oxygen atoms in total. The van der Waals surface area contributed by atoms with Crippen molar-refractivity contribution in [3.05, 3.63) is 35.4 Å². The second-order valence-corrected chi connectivity index (χ2v) is 5.03. The van der Waals surface area contributed by atoms with Crippen LogP contribution in [0.4, 0.5) is 8.78 Å². The summed E-state index contributed by atoms with van der Waals surface area (Å²) < 4.78 is 26.8. The Balaban J connectivity index is 2.23. The average molecular weight is 283 g/mol. The van der Waals surface area contributed by atoms with E-state index in [2.05, 4.69) is 0 Å². The molecule has 0 unspecified atom stereocenters. The SMILES string of the molecule is C[C@@H](CN(C(=O)c1cccc(F)c1F)C1CC1)C(=O)O. The van der Waals surface area contributed by atoms with Crippen molar-refractivity contribution in [2.75, 3.05) is 6.54 Å². The van der Waals surface area contributed by atoms with Crippen LogP contribution in [0.15, 0.2) is 18.2 Å². The van der Waals surface area contributed by atoms with Crippen molar-refractivity contribution < 1.29 is 23.5 Å². The zero-order valence-corrected chi connectivity index (χ0v) is 11.0. The fourth-order valence-corrected chi connectivity index (χ4v) is 1.98. The number of halogens is 2. The molecule has 1 aliphatic rings. The Bertz CT molecular complexity index is 543. The van der Waals surface area contributed by atoms with Crippen molar-refractivity contribution in [1.82, 2.24) is 4.90 Å². The summed E-state index contributed by atoms with van der Waals surface area (Å²) in [6, 6.07) is 3.33. The van der Waals surface area contributed by atoms with E-state index in [-0.39, 0.29) is 18.2 Å². The molecule has 1 aromatic carbocycles. The Morgan fingerprint density at radius 2 is 2.05 bits per heavy atom. The normalized spacial score (nSPS) is 15.8. The zero-order valence-electron chi connectivity index (χ0n) is 11.0. The minimum absolute atomic E-state index is 0.00517. The van der Waals surface area contributed by atoms with Gasteiger partial charge < -0.3 is 10.0 Å². The predicted molar refractivity (Wildman–Crippen MR) is 67.2 cm³/mol. The molecule has 0 bridgehead atoms. The molecular weight excluding hydrogens is 268 g/mol. The van der Waals surface area contributed by atoms with Gasteiger partial charge in [-0.15, -0.1) is 0 Å². The van der Waals surface area contributed by atoms with Gasteiger partial charge in [0.2, 0.25) is 0 Å². The molecule has 1 amide bonds. The summed E-state index contributed by atoms with van der Waals surface area (Å²) in [5.41, 5.74) is -0.352. The highest BCUT2D eigenvalue weighted by atomic mass is 19.2. The van der Waals surface area contributed by atoms with Gasteiger partial charge in [-0.05, 0) is 25.0 Å². The number of carboxylic acids is 1. The van der Waals surface area contributed by atoms with Gasteiger partial charge in [-0.25, -0.2) is 8.78 Å². The van der Waals surface area contributed by atoms with Crippen LogP contribution < -0.4 is 0 Å². The lowest BCUT2D eigenvalue weighted by molar-refractivity contribution is -0.141. The summed E-state index contributed by atoms with van der Waals surface area (Å²) in [6.45, 7) is 1.47. The second-order valence-electron chi connectivity index (χ2n) is 5.03. The summed E-state index contributed by atoms with van der Waals surface area (Å²) in [6.07, 6.45) is 1.52. The molecule has 0 radical (unpaired) electrons. The van der Waals surface area contributed by atoms with Crippen LogP contribution in [-0.4, -0.2) is 34.5 Å². The Kier molecular flexibility index (Phi) is 4.01. The molecule has 1 aromatic rings. The first kappa shape index (κ1) is 14.4. The average Bonchev–Trinajstić information content (AvgIpc) is 3.22. The lowest BCUT2D eigenvalue weighted by Crippen LogP contribution is -2.39. The number of amides is 1. The van der Waals surface area contributed by atoms with E-state index >= 15 is 0 Å².